The smallest absolute Gasteiger partial charge is 0.244 e. The fourth-order valence-corrected chi connectivity index (χ4v) is 5.58. The summed E-state index contributed by atoms with van der Waals surface area (Å²) in [4.78, 5) is 6.72. The van der Waals surface area contributed by atoms with E-state index in [1.54, 1.807) is 4.31 Å². The number of rotatable bonds is 6. The van der Waals surface area contributed by atoms with Crippen LogP contribution < -0.4 is 0 Å². The highest BCUT2D eigenvalue weighted by Crippen LogP contribution is 2.24. The van der Waals surface area contributed by atoms with E-state index in [0.29, 0.717) is 44.5 Å². The molecule has 0 spiro atoms. The van der Waals surface area contributed by atoms with E-state index in [4.69, 9.17) is 9.26 Å². The van der Waals surface area contributed by atoms with Gasteiger partial charge >= 0.3 is 0 Å². The van der Waals surface area contributed by atoms with Gasteiger partial charge in [-0.05, 0) is 26.2 Å². The number of aromatic nitrogens is 2. The Morgan fingerprint density at radius 1 is 1.14 bits per heavy atom. The van der Waals surface area contributed by atoms with E-state index in [-0.39, 0.29) is 17.9 Å². The van der Waals surface area contributed by atoms with Gasteiger partial charge in [0.25, 0.3) is 0 Å². The number of sulfonamides is 1. The Morgan fingerprint density at radius 3 is 2.59 bits per heavy atom. The SMILES string of the molecule is CC(c1nc(-c2ccccc2)no1)N1CCN(S(=O)(=O)CC2CCCCO2)CC1. The molecule has 2 aliphatic heterocycles. The van der Waals surface area contributed by atoms with Crippen molar-refractivity contribution >= 4 is 10.0 Å². The van der Waals surface area contributed by atoms with Gasteiger partial charge in [-0.3, -0.25) is 4.90 Å². The highest BCUT2D eigenvalue weighted by molar-refractivity contribution is 7.89. The van der Waals surface area contributed by atoms with Crippen LogP contribution in [0.1, 0.15) is 38.1 Å². The highest BCUT2D eigenvalue weighted by Gasteiger charge is 2.33. The van der Waals surface area contributed by atoms with Crippen LogP contribution in [0.15, 0.2) is 34.9 Å². The molecule has 1 aromatic carbocycles. The summed E-state index contributed by atoms with van der Waals surface area (Å²) in [5.74, 6) is 1.21. The topological polar surface area (TPSA) is 88.8 Å². The second kappa shape index (κ2) is 8.91. The molecular weight excluding hydrogens is 392 g/mol. The van der Waals surface area contributed by atoms with Crippen LogP contribution in [-0.2, 0) is 14.8 Å². The van der Waals surface area contributed by atoms with E-state index >= 15 is 0 Å². The second-order valence-electron chi connectivity index (χ2n) is 7.70. The molecule has 29 heavy (non-hydrogen) atoms. The molecule has 1 aromatic heterocycles. The number of nitrogens with zero attached hydrogens (tertiary/aromatic N) is 4. The minimum absolute atomic E-state index is 0.0634. The standard InChI is InChI=1S/C20H28N4O4S/c1-16(20-21-19(22-28-20)17-7-3-2-4-8-17)23-10-12-24(13-11-23)29(25,26)15-18-9-5-6-14-27-18/h2-4,7-8,16,18H,5-6,9-15H2,1H3. The van der Waals surface area contributed by atoms with Gasteiger partial charge in [0.1, 0.15) is 0 Å². The molecular formula is C20H28N4O4S. The van der Waals surface area contributed by atoms with Gasteiger partial charge < -0.3 is 9.26 Å². The van der Waals surface area contributed by atoms with Crippen LogP contribution in [0.4, 0.5) is 0 Å². The lowest BCUT2D eigenvalue weighted by molar-refractivity contribution is 0.0295. The quantitative estimate of drug-likeness (QED) is 0.708. The van der Waals surface area contributed by atoms with Crippen LogP contribution in [0, 0.1) is 0 Å². The van der Waals surface area contributed by atoms with Gasteiger partial charge in [0.2, 0.25) is 21.7 Å². The van der Waals surface area contributed by atoms with E-state index in [9.17, 15) is 8.42 Å². The Labute approximate surface area is 171 Å². The van der Waals surface area contributed by atoms with Crippen molar-refractivity contribution in [2.24, 2.45) is 0 Å². The zero-order valence-electron chi connectivity index (χ0n) is 16.7. The third-order valence-corrected chi connectivity index (χ3v) is 7.66. The van der Waals surface area contributed by atoms with Crippen LogP contribution in [0.3, 0.4) is 0 Å². The summed E-state index contributed by atoms with van der Waals surface area (Å²) >= 11 is 0. The number of hydrogen-bond acceptors (Lipinski definition) is 7. The monoisotopic (exact) mass is 420 g/mol. The molecule has 2 aromatic rings. The molecule has 8 nitrogen and oxygen atoms in total. The molecule has 4 rings (SSSR count). The molecule has 3 heterocycles. The van der Waals surface area contributed by atoms with Gasteiger partial charge in [-0.1, -0.05) is 35.5 Å². The Morgan fingerprint density at radius 2 is 1.90 bits per heavy atom. The lowest BCUT2D eigenvalue weighted by Crippen LogP contribution is -2.50. The summed E-state index contributed by atoms with van der Waals surface area (Å²) in [7, 11) is -3.30. The maximum Gasteiger partial charge on any atom is 0.244 e. The molecule has 0 aliphatic carbocycles. The van der Waals surface area contributed by atoms with Crippen LogP contribution in [0.2, 0.25) is 0 Å². The molecule has 0 N–H and O–H groups in total. The molecule has 0 bridgehead atoms. The second-order valence-corrected chi connectivity index (χ2v) is 9.71. The molecule has 158 valence electrons. The Balaban J connectivity index is 1.34. The molecule has 2 saturated heterocycles. The normalized spacial score (nSPS) is 23.1. The first-order valence-corrected chi connectivity index (χ1v) is 11.9. The van der Waals surface area contributed by atoms with Gasteiger partial charge in [0.05, 0.1) is 17.9 Å². The predicted octanol–water partition coefficient (Wildman–Crippen LogP) is 2.31. The summed E-state index contributed by atoms with van der Waals surface area (Å²) in [5, 5.41) is 4.09. The van der Waals surface area contributed by atoms with Gasteiger partial charge in [-0.25, -0.2) is 8.42 Å². The van der Waals surface area contributed by atoms with Crippen molar-refractivity contribution in [2.75, 3.05) is 38.5 Å². The summed E-state index contributed by atoms with van der Waals surface area (Å²) in [6.07, 6.45) is 2.73. The Kier molecular flexibility index (Phi) is 6.29. The molecule has 2 fully saturated rings. The van der Waals surface area contributed by atoms with Crippen molar-refractivity contribution in [2.45, 2.75) is 38.3 Å². The van der Waals surface area contributed by atoms with Crippen molar-refractivity contribution in [3.63, 3.8) is 0 Å². The van der Waals surface area contributed by atoms with Crippen molar-refractivity contribution in [3.8, 4) is 11.4 Å². The number of benzene rings is 1. The third-order valence-electron chi connectivity index (χ3n) is 5.72. The maximum atomic E-state index is 12.7. The van der Waals surface area contributed by atoms with Crippen molar-refractivity contribution in [3.05, 3.63) is 36.2 Å². The molecule has 9 heteroatoms. The van der Waals surface area contributed by atoms with E-state index < -0.39 is 10.0 Å². The molecule has 0 amide bonds. The summed E-state index contributed by atoms with van der Waals surface area (Å²) in [5.41, 5.74) is 0.913. The first-order chi connectivity index (χ1) is 14.0. The molecule has 2 aliphatic rings. The molecule has 2 atom stereocenters. The number of hydrogen-bond donors (Lipinski definition) is 0. The van der Waals surface area contributed by atoms with Crippen LogP contribution in [0.5, 0.6) is 0 Å². The van der Waals surface area contributed by atoms with Gasteiger partial charge in [0.15, 0.2) is 0 Å². The lowest BCUT2D eigenvalue weighted by Gasteiger charge is -2.36. The average Bonchev–Trinajstić information content (AvgIpc) is 3.25. The fourth-order valence-electron chi connectivity index (χ4n) is 3.91. The Hall–Kier alpha value is -1.81. The molecule has 2 unspecified atom stereocenters. The highest BCUT2D eigenvalue weighted by atomic mass is 32.2. The average molecular weight is 421 g/mol. The summed E-state index contributed by atoms with van der Waals surface area (Å²) < 4.78 is 38.2. The minimum Gasteiger partial charge on any atom is -0.377 e. The van der Waals surface area contributed by atoms with Gasteiger partial charge in [-0.15, -0.1) is 0 Å². The first kappa shape index (κ1) is 20.5. The van der Waals surface area contributed by atoms with Gasteiger partial charge in [0, 0.05) is 38.3 Å². The zero-order valence-corrected chi connectivity index (χ0v) is 17.6. The van der Waals surface area contributed by atoms with Crippen LogP contribution in [0.25, 0.3) is 11.4 Å². The number of ether oxygens (including phenoxy) is 1. The van der Waals surface area contributed by atoms with E-state index in [0.717, 1.165) is 24.8 Å². The minimum atomic E-state index is -3.30. The zero-order chi connectivity index (χ0) is 20.3. The predicted molar refractivity (Wildman–Crippen MR) is 109 cm³/mol. The summed E-state index contributed by atoms with van der Waals surface area (Å²) in [6, 6.07) is 9.64. The molecule has 0 saturated carbocycles. The molecule has 0 radical (unpaired) electrons. The van der Waals surface area contributed by atoms with E-state index in [1.807, 2.05) is 37.3 Å². The third kappa shape index (κ3) is 4.85. The maximum absolute atomic E-state index is 12.7. The van der Waals surface area contributed by atoms with Crippen molar-refractivity contribution in [1.82, 2.24) is 19.3 Å². The van der Waals surface area contributed by atoms with Crippen molar-refractivity contribution in [1.29, 1.82) is 0 Å². The number of piperazine rings is 1. The largest absolute Gasteiger partial charge is 0.377 e. The van der Waals surface area contributed by atoms with Crippen molar-refractivity contribution < 1.29 is 17.7 Å². The Bertz CT molecular complexity index is 888. The van der Waals surface area contributed by atoms with E-state index in [1.165, 1.54) is 0 Å². The lowest BCUT2D eigenvalue weighted by atomic mass is 10.1. The first-order valence-electron chi connectivity index (χ1n) is 10.3. The fraction of sp³-hybridized carbons (Fsp3) is 0.600. The van der Waals surface area contributed by atoms with E-state index in [2.05, 4.69) is 15.0 Å². The van der Waals surface area contributed by atoms with Gasteiger partial charge in [-0.2, -0.15) is 9.29 Å². The van der Waals surface area contributed by atoms with Crippen LogP contribution in [-0.4, -0.2) is 72.4 Å². The summed E-state index contributed by atoms with van der Waals surface area (Å²) in [6.45, 7) is 4.89. The van der Waals surface area contributed by atoms with Crippen LogP contribution >= 0.6 is 0 Å².